The van der Waals surface area contributed by atoms with Gasteiger partial charge in [0.1, 0.15) is 5.82 Å². The molecule has 3 rings (SSSR count). The zero-order chi connectivity index (χ0) is 19.3. The number of pyridine rings is 1. The van der Waals surface area contributed by atoms with Gasteiger partial charge in [-0.1, -0.05) is 25.1 Å². The standard InChI is InChI=1S/C20H19N3O3S/c1-2-15-6-8-16(9-7-15)20(24)22-17-10-12-18(13-11-17)27(25,26)23-19-5-3-4-14-21-19/h3-14H,2H2,1H3,(H,21,23)(H,22,24). The molecule has 0 radical (unpaired) electrons. The Balaban J connectivity index is 1.70. The van der Waals surface area contributed by atoms with E-state index in [2.05, 4.69) is 15.0 Å². The molecule has 0 aliphatic carbocycles. The molecule has 0 fully saturated rings. The van der Waals surface area contributed by atoms with Gasteiger partial charge in [-0.05, 0) is 60.5 Å². The van der Waals surface area contributed by atoms with Crippen LogP contribution >= 0.6 is 0 Å². The van der Waals surface area contributed by atoms with Crippen molar-refractivity contribution in [3.8, 4) is 0 Å². The zero-order valence-electron chi connectivity index (χ0n) is 14.7. The molecule has 1 amide bonds. The number of amides is 1. The molecule has 138 valence electrons. The number of aryl methyl sites for hydroxylation is 1. The summed E-state index contributed by atoms with van der Waals surface area (Å²) in [6.07, 6.45) is 2.41. The third-order valence-corrected chi connectivity index (χ3v) is 5.32. The minimum Gasteiger partial charge on any atom is -0.322 e. The molecule has 7 heteroatoms. The van der Waals surface area contributed by atoms with Gasteiger partial charge in [0.05, 0.1) is 4.90 Å². The van der Waals surface area contributed by atoms with Crippen LogP contribution in [0.2, 0.25) is 0 Å². The van der Waals surface area contributed by atoms with E-state index in [9.17, 15) is 13.2 Å². The molecule has 0 saturated heterocycles. The van der Waals surface area contributed by atoms with Crippen LogP contribution in [0, 0.1) is 0 Å². The molecular formula is C20H19N3O3S. The van der Waals surface area contributed by atoms with Crippen LogP contribution in [0.3, 0.4) is 0 Å². The SMILES string of the molecule is CCc1ccc(C(=O)Nc2ccc(S(=O)(=O)Nc3ccccn3)cc2)cc1. The number of carbonyl (C=O) groups is 1. The maximum atomic E-state index is 12.4. The molecule has 27 heavy (non-hydrogen) atoms. The third kappa shape index (κ3) is 4.71. The van der Waals surface area contributed by atoms with E-state index in [1.54, 1.807) is 42.5 Å². The average molecular weight is 381 g/mol. The Labute approximate surface area is 158 Å². The molecule has 1 heterocycles. The van der Waals surface area contributed by atoms with Crippen molar-refractivity contribution in [2.24, 2.45) is 0 Å². The lowest BCUT2D eigenvalue weighted by atomic mass is 10.1. The normalized spacial score (nSPS) is 11.0. The van der Waals surface area contributed by atoms with Gasteiger partial charge in [0.2, 0.25) is 0 Å². The highest BCUT2D eigenvalue weighted by atomic mass is 32.2. The number of nitrogens with one attached hydrogen (secondary N) is 2. The topological polar surface area (TPSA) is 88.2 Å². The second-order valence-electron chi connectivity index (χ2n) is 5.85. The van der Waals surface area contributed by atoms with Gasteiger partial charge in [0.25, 0.3) is 15.9 Å². The van der Waals surface area contributed by atoms with E-state index in [0.717, 1.165) is 12.0 Å². The van der Waals surface area contributed by atoms with Gasteiger partial charge in [-0.25, -0.2) is 13.4 Å². The molecule has 6 nitrogen and oxygen atoms in total. The van der Waals surface area contributed by atoms with Gasteiger partial charge in [-0.3, -0.25) is 9.52 Å². The number of nitrogens with zero attached hydrogens (tertiary/aromatic N) is 1. The summed E-state index contributed by atoms with van der Waals surface area (Å²) in [4.78, 5) is 16.3. The highest BCUT2D eigenvalue weighted by molar-refractivity contribution is 7.92. The highest BCUT2D eigenvalue weighted by Gasteiger charge is 2.15. The predicted molar refractivity (Wildman–Crippen MR) is 105 cm³/mol. The maximum Gasteiger partial charge on any atom is 0.263 e. The van der Waals surface area contributed by atoms with Crippen molar-refractivity contribution in [3.63, 3.8) is 0 Å². The van der Waals surface area contributed by atoms with Crippen LogP contribution in [0.4, 0.5) is 11.5 Å². The first-order valence-electron chi connectivity index (χ1n) is 8.42. The summed E-state index contributed by atoms with van der Waals surface area (Å²) in [5.74, 6) is -0.00900. The fourth-order valence-electron chi connectivity index (χ4n) is 2.43. The Morgan fingerprint density at radius 1 is 0.963 bits per heavy atom. The van der Waals surface area contributed by atoms with Gasteiger partial charge in [-0.2, -0.15) is 0 Å². The smallest absolute Gasteiger partial charge is 0.263 e. The fourth-order valence-corrected chi connectivity index (χ4v) is 3.44. The van der Waals surface area contributed by atoms with Crippen LogP contribution in [0.1, 0.15) is 22.8 Å². The van der Waals surface area contributed by atoms with Gasteiger partial charge in [0, 0.05) is 17.4 Å². The first-order valence-corrected chi connectivity index (χ1v) is 9.90. The molecule has 2 N–H and O–H groups in total. The molecular weight excluding hydrogens is 362 g/mol. The Kier molecular flexibility index (Phi) is 5.52. The van der Waals surface area contributed by atoms with E-state index >= 15 is 0 Å². The number of hydrogen-bond acceptors (Lipinski definition) is 4. The van der Waals surface area contributed by atoms with E-state index in [-0.39, 0.29) is 16.6 Å². The average Bonchev–Trinajstić information content (AvgIpc) is 2.69. The summed E-state index contributed by atoms with van der Waals surface area (Å²) in [6, 6.07) is 18.3. The first kappa shape index (κ1) is 18.6. The van der Waals surface area contributed by atoms with Gasteiger partial charge in [-0.15, -0.1) is 0 Å². The quantitative estimate of drug-likeness (QED) is 0.681. The van der Waals surface area contributed by atoms with Crippen LogP contribution in [0.15, 0.2) is 77.8 Å². The molecule has 1 aromatic heterocycles. The second kappa shape index (κ2) is 8.01. The van der Waals surface area contributed by atoms with Gasteiger partial charge in [0.15, 0.2) is 0 Å². The monoisotopic (exact) mass is 381 g/mol. The number of rotatable bonds is 6. The van der Waals surface area contributed by atoms with Crippen molar-refractivity contribution in [2.75, 3.05) is 10.0 Å². The summed E-state index contributed by atoms with van der Waals surface area (Å²) in [6.45, 7) is 2.05. The van der Waals surface area contributed by atoms with E-state index in [1.165, 1.54) is 18.3 Å². The predicted octanol–water partition coefficient (Wildman–Crippen LogP) is 3.70. The van der Waals surface area contributed by atoms with Crippen LogP contribution in [0.5, 0.6) is 0 Å². The van der Waals surface area contributed by atoms with E-state index in [1.807, 2.05) is 19.1 Å². The summed E-state index contributed by atoms with van der Waals surface area (Å²) < 4.78 is 27.2. The van der Waals surface area contributed by atoms with E-state index in [0.29, 0.717) is 11.3 Å². The Bertz CT molecular complexity index is 1020. The third-order valence-electron chi connectivity index (χ3n) is 3.95. The number of sulfonamides is 1. The number of anilines is 2. The first-order chi connectivity index (χ1) is 13.0. The van der Waals surface area contributed by atoms with Gasteiger partial charge >= 0.3 is 0 Å². The minimum absolute atomic E-state index is 0.0819. The van der Waals surface area contributed by atoms with Crippen LogP contribution in [-0.2, 0) is 16.4 Å². The van der Waals surface area contributed by atoms with Crippen molar-refractivity contribution < 1.29 is 13.2 Å². The van der Waals surface area contributed by atoms with Crippen LogP contribution in [0.25, 0.3) is 0 Å². The van der Waals surface area contributed by atoms with Crippen LogP contribution in [-0.4, -0.2) is 19.3 Å². The molecule has 0 saturated carbocycles. The number of carbonyl (C=O) groups excluding carboxylic acids is 1. The summed E-state index contributed by atoms with van der Waals surface area (Å²) in [5, 5.41) is 2.76. The maximum absolute atomic E-state index is 12.4. The summed E-state index contributed by atoms with van der Waals surface area (Å²) in [5.41, 5.74) is 2.21. The highest BCUT2D eigenvalue weighted by Crippen LogP contribution is 2.18. The molecule has 2 aromatic carbocycles. The summed E-state index contributed by atoms with van der Waals surface area (Å²) >= 11 is 0. The number of hydrogen-bond donors (Lipinski definition) is 2. The van der Waals surface area contributed by atoms with Crippen LogP contribution < -0.4 is 10.0 Å². The Hall–Kier alpha value is -3.19. The van der Waals surface area contributed by atoms with Crippen molar-refractivity contribution in [1.29, 1.82) is 0 Å². The molecule has 0 spiro atoms. The zero-order valence-corrected chi connectivity index (χ0v) is 15.5. The lowest BCUT2D eigenvalue weighted by Gasteiger charge is -2.09. The van der Waals surface area contributed by atoms with Gasteiger partial charge < -0.3 is 5.32 Å². The van der Waals surface area contributed by atoms with Crippen molar-refractivity contribution >= 4 is 27.4 Å². The van der Waals surface area contributed by atoms with Crippen molar-refractivity contribution in [3.05, 3.63) is 84.1 Å². The number of aromatic nitrogens is 1. The minimum atomic E-state index is -3.74. The van der Waals surface area contributed by atoms with Crippen molar-refractivity contribution in [1.82, 2.24) is 4.98 Å². The number of benzene rings is 2. The molecule has 0 atom stereocenters. The lowest BCUT2D eigenvalue weighted by Crippen LogP contribution is -2.14. The molecule has 0 aliphatic rings. The molecule has 3 aromatic rings. The molecule has 0 bridgehead atoms. The molecule has 0 unspecified atom stereocenters. The summed E-state index contributed by atoms with van der Waals surface area (Å²) in [7, 11) is -3.74. The lowest BCUT2D eigenvalue weighted by molar-refractivity contribution is 0.102. The Morgan fingerprint density at radius 3 is 2.26 bits per heavy atom. The van der Waals surface area contributed by atoms with E-state index < -0.39 is 10.0 Å². The molecule has 0 aliphatic heterocycles. The Morgan fingerprint density at radius 2 is 1.67 bits per heavy atom. The second-order valence-corrected chi connectivity index (χ2v) is 7.53. The van der Waals surface area contributed by atoms with E-state index in [4.69, 9.17) is 0 Å². The fraction of sp³-hybridized carbons (Fsp3) is 0.100. The van der Waals surface area contributed by atoms with Crippen molar-refractivity contribution in [2.45, 2.75) is 18.2 Å². The largest absolute Gasteiger partial charge is 0.322 e.